The summed E-state index contributed by atoms with van der Waals surface area (Å²) in [7, 11) is 0. The molecule has 1 saturated heterocycles. The molecule has 1 amide bonds. The zero-order chi connectivity index (χ0) is 12.7. The number of amides is 1. The number of fused-ring (bicyclic) bond motifs is 1. The Morgan fingerprint density at radius 1 is 1.17 bits per heavy atom. The van der Waals surface area contributed by atoms with E-state index >= 15 is 0 Å². The highest BCUT2D eigenvalue weighted by atomic mass is 19.2. The highest BCUT2D eigenvalue weighted by Crippen LogP contribution is 2.42. The van der Waals surface area contributed by atoms with Crippen LogP contribution in [-0.4, -0.2) is 19.0 Å². The van der Waals surface area contributed by atoms with E-state index in [4.69, 9.17) is 0 Å². The molecule has 1 aromatic rings. The maximum atomic E-state index is 13.9. The minimum atomic E-state index is -0.885. The fraction of sp³-hybridized carbons (Fsp3) is 0.462. The Labute approximate surface area is 104 Å². The molecule has 2 aliphatic rings. The Hall–Kier alpha value is -1.49. The average molecular weight is 252 g/mol. The molecule has 1 aromatic carbocycles. The van der Waals surface area contributed by atoms with Gasteiger partial charge in [-0.05, 0) is 44.0 Å². The molecule has 1 unspecified atom stereocenters. The van der Waals surface area contributed by atoms with Crippen LogP contribution in [0.2, 0.25) is 0 Å². The van der Waals surface area contributed by atoms with Gasteiger partial charge in [0.15, 0.2) is 11.6 Å². The number of anilines is 1. The van der Waals surface area contributed by atoms with Crippen molar-refractivity contribution in [2.45, 2.75) is 18.8 Å². The largest absolute Gasteiger partial charge is 0.325 e. The van der Waals surface area contributed by atoms with E-state index in [0.717, 1.165) is 32.0 Å². The number of benzene rings is 1. The molecule has 5 heteroatoms. The predicted molar refractivity (Wildman–Crippen MR) is 63.3 cm³/mol. The van der Waals surface area contributed by atoms with Gasteiger partial charge in [0.2, 0.25) is 5.91 Å². The molecular weight excluding hydrogens is 238 g/mol. The number of hydrogen-bond donors (Lipinski definition) is 2. The maximum absolute atomic E-state index is 13.9. The molecule has 96 valence electrons. The molecule has 0 radical (unpaired) electrons. The standard InChI is InChI=1S/C13H14F2N2O/c14-8-1-2-9-11(12(8)15)10(13(18)17-9)7-3-5-16-6-4-7/h1-2,7,10,16H,3-6H2,(H,17,18). The maximum Gasteiger partial charge on any atom is 0.232 e. The summed E-state index contributed by atoms with van der Waals surface area (Å²) in [6, 6.07) is 2.49. The van der Waals surface area contributed by atoms with E-state index in [1.54, 1.807) is 0 Å². The highest BCUT2D eigenvalue weighted by molar-refractivity contribution is 6.03. The van der Waals surface area contributed by atoms with Gasteiger partial charge in [0, 0.05) is 11.3 Å². The van der Waals surface area contributed by atoms with Crippen molar-refractivity contribution in [3.8, 4) is 0 Å². The Bertz CT molecular complexity index is 498. The van der Waals surface area contributed by atoms with Crippen LogP contribution in [0.5, 0.6) is 0 Å². The van der Waals surface area contributed by atoms with E-state index in [2.05, 4.69) is 10.6 Å². The van der Waals surface area contributed by atoms with Gasteiger partial charge in [0.1, 0.15) is 0 Å². The van der Waals surface area contributed by atoms with Gasteiger partial charge in [-0.1, -0.05) is 0 Å². The second-order valence-electron chi connectivity index (χ2n) is 4.88. The van der Waals surface area contributed by atoms with E-state index in [0.29, 0.717) is 5.69 Å². The lowest BCUT2D eigenvalue weighted by atomic mass is 9.81. The minimum absolute atomic E-state index is 0.0869. The van der Waals surface area contributed by atoms with Crippen molar-refractivity contribution in [2.75, 3.05) is 18.4 Å². The van der Waals surface area contributed by atoms with Crippen LogP contribution in [0.15, 0.2) is 12.1 Å². The van der Waals surface area contributed by atoms with Gasteiger partial charge in [-0.15, -0.1) is 0 Å². The lowest BCUT2D eigenvalue weighted by molar-refractivity contribution is -0.118. The molecule has 0 spiro atoms. The van der Waals surface area contributed by atoms with Crippen LogP contribution in [0.25, 0.3) is 0 Å². The van der Waals surface area contributed by atoms with Gasteiger partial charge in [-0.2, -0.15) is 0 Å². The summed E-state index contributed by atoms with van der Waals surface area (Å²) in [5.74, 6) is -2.43. The number of rotatable bonds is 1. The predicted octanol–water partition coefficient (Wildman–Crippen LogP) is 2.00. The van der Waals surface area contributed by atoms with Crippen molar-refractivity contribution < 1.29 is 13.6 Å². The summed E-state index contributed by atoms with van der Waals surface area (Å²) < 4.78 is 27.2. The smallest absolute Gasteiger partial charge is 0.232 e. The third-order valence-electron chi connectivity index (χ3n) is 3.84. The van der Waals surface area contributed by atoms with Gasteiger partial charge in [0.05, 0.1) is 5.92 Å². The molecule has 2 heterocycles. The Morgan fingerprint density at radius 2 is 1.89 bits per heavy atom. The molecule has 0 bridgehead atoms. The number of hydrogen-bond acceptors (Lipinski definition) is 2. The van der Waals surface area contributed by atoms with Crippen molar-refractivity contribution in [3.63, 3.8) is 0 Å². The first kappa shape index (κ1) is 11.6. The molecular formula is C13H14F2N2O. The zero-order valence-electron chi connectivity index (χ0n) is 9.80. The highest BCUT2D eigenvalue weighted by Gasteiger charge is 2.40. The Kier molecular flexibility index (Phi) is 2.78. The zero-order valence-corrected chi connectivity index (χ0v) is 9.80. The number of carbonyl (C=O) groups excluding carboxylic acids is 1. The van der Waals surface area contributed by atoms with Crippen molar-refractivity contribution >= 4 is 11.6 Å². The van der Waals surface area contributed by atoms with Gasteiger partial charge in [-0.3, -0.25) is 4.79 Å². The normalized spacial score (nSPS) is 23.9. The summed E-state index contributed by atoms with van der Waals surface area (Å²) in [5.41, 5.74) is 0.634. The molecule has 1 atom stereocenters. The van der Waals surface area contributed by atoms with Crippen LogP contribution in [0, 0.1) is 17.6 Å². The molecule has 3 nitrogen and oxygen atoms in total. The van der Waals surface area contributed by atoms with Crippen molar-refractivity contribution in [2.24, 2.45) is 5.92 Å². The second kappa shape index (κ2) is 4.31. The summed E-state index contributed by atoms with van der Waals surface area (Å²) in [5, 5.41) is 5.85. The van der Waals surface area contributed by atoms with Gasteiger partial charge >= 0.3 is 0 Å². The van der Waals surface area contributed by atoms with E-state index in [-0.39, 0.29) is 17.4 Å². The number of piperidine rings is 1. The first-order chi connectivity index (χ1) is 8.68. The van der Waals surface area contributed by atoms with E-state index in [9.17, 15) is 13.6 Å². The molecule has 0 aromatic heterocycles. The molecule has 1 fully saturated rings. The quantitative estimate of drug-likeness (QED) is 0.802. The van der Waals surface area contributed by atoms with Crippen LogP contribution >= 0.6 is 0 Å². The molecule has 2 N–H and O–H groups in total. The summed E-state index contributed by atoms with van der Waals surface area (Å²) >= 11 is 0. The first-order valence-corrected chi connectivity index (χ1v) is 6.18. The molecule has 0 saturated carbocycles. The fourth-order valence-corrected chi connectivity index (χ4v) is 2.95. The average Bonchev–Trinajstić information content (AvgIpc) is 2.72. The van der Waals surface area contributed by atoms with Crippen molar-refractivity contribution in [3.05, 3.63) is 29.3 Å². The molecule has 0 aliphatic carbocycles. The first-order valence-electron chi connectivity index (χ1n) is 6.18. The topological polar surface area (TPSA) is 41.1 Å². The number of carbonyl (C=O) groups is 1. The minimum Gasteiger partial charge on any atom is -0.325 e. The van der Waals surface area contributed by atoms with Gasteiger partial charge in [0.25, 0.3) is 0 Å². The van der Waals surface area contributed by atoms with Gasteiger partial charge < -0.3 is 10.6 Å². The lowest BCUT2D eigenvalue weighted by Crippen LogP contribution is -2.33. The summed E-state index contributed by atoms with van der Waals surface area (Å²) in [6.45, 7) is 1.64. The number of halogens is 2. The van der Waals surface area contributed by atoms with Crippen molar-refractivity contribution in [1.82, 2.24) is 5.32 Å². The monoisotopic (exact) mass is 252 g/mol. The van der Waals surface area contributed by atoms with Crippen LogP contribution in [0.1, 0.15) is 24.3 Å². The summed E-state index contributed by atoms with van der Waals surface area (Å²) in [4.78, 5) is 12.0. The molecule has 18 heavy (non-hydrogen) atoms. The fourth-order valence-electron chi connectivity index (χ4n) is 2.95. The van der Waals surface area contributed by atoms with E-state index in [1.807, 2.05) is 0 Å². The second-order valence-corrected chi connectivity index (χ2v) is 4.88. The van der Waals surface area contributed by atoms with Crippen LogP contribution in [-0.2, 0) is 4.79 Å². The van der Waals surface area contributed by atoms with Crippen LogP contribution < -0.4 is 10.6 Å². The van der Waals surface area contributed by atoms with Gasteiger partial charge in [-0.25, -0.2) is 8.78 Å². The van der Waals surface area contributed by atoms with E-state index in [1.165, 1.54) is 6.07 Å². The Morgan fingerprint density at radius 3 is 2.61 bits per heavy atom. The molecule has 3 rings (SSSR count). The van der Waals surface area contributed by atoms with Crippen LogP contribution in [0.4, 0.5) is 14.5 Å². The third kappa shape index (κ3) is 1.70. The SMILES string of the molecule is O=C1Nc2ccc(F)c(F)c2C1C1CCNCC1. The van der Waals surface area contributed by atoms with Crippen molar-refractivity contribution in [1.29, 1.82) is 0 Å². The third-order valence-corrected chi connectivity index (χ3v) is 3.84. The summed E-state index contributed by atoms with van der Waals surface area (Å²) in [6.07, 6.45) is 1.63. The number of nitrogens with one attached hydrogen (secondary N) is 2. The van der Waals surface area contributed by atoms with Crippen LogP contribution in [0.3, 0.4) is 0 Å². The Balaban J connectivity index is 2.02. The molecule has 2 aliphatic heterocycles. The lowest BCUT2D eigenvalue weighted by Gasteiger charge is -2.27. The van der Waals surface area contributed by atoms with E-state index < -0.39 is 17.6 Å².